The molecule has 0 radical (unpaired) electrons. The number of para-hydroxylation sites is 1. The fourth-order valence-corrected chi connectivity index (χ4v) is 2.05. The van der Waals surface area contributed by atoms with Crippen LogP contribution < -0.4 is 0 Å². The molecular formula is C14H24N2O. The van der Waals surface area contributed by atoms with Crippen molar-refractivity contribution in [3.8, 4) is 5.75 Å². The molecule has 0 aromatic heterocycles. The summed E-state index contributed by atoms with van der Waals surface area (Å²) in [6.45, 7) is 4.18. The molecule has 17 heavy (non-hydrogen) atoms. The number of aromatic hydroxyl groups is 1. The number of phenols is 1. The number of rotatable bonds is 6. The minimum atomic E-state index is 0.288. The number of benzene rings is 1. The molecule has 0 bridgehead atoms. The van der Waals surface area contributed by atoms with E-state index in [9.17, 15) is 5.11 Å². The van der Waals surface area contributed by atoms with E-state index in [1.165, 1.54) is 0 Å². The van der Waals surface area contributed by atoms with E-state index in [1.54, 1.807) is 6.07 Å². The Labute approximate surface area is 105 Å². The first-order valence-electron chi connectivity index (χ1n) is 6.19. The lowest BCUT2D eigenvalue weighted by Gasteiger charge is -2.29. The zero-order valence-corrected chi connectivity index (χ0v) is 11.3. The molecule has 0 amide bonds. The molecule has 0 spiro atoms. The van der Waals surface area contributed by atoms with E-state index in [-0.39, 0.29) is 6.04 Å². The molecule has 1 aromatic rings. The smallest absolute Gasteiger partial charge is 0.120 e. The third-order valence-electron chi connectivity index (χ3n) is 3.11. The zero-order chi connectivity index (χ0) is 12.8. The summed E-state index contributed by atoms with van der Waals surface area (Å²) in [4.78, 5) is 4.48. The number of likely N-dealkylation sites (N-methyl/N-ethyl adjacent to an activating group) is 2. The van der Waals surface area contributed by atoms with E-state index < -0.39 is 0 Å². The molecule has 0 fully saturated rings. The average molecular weight is 236 g/mol. The van der Waals surface area contributed by atoms with E-state index in [4.69, 9.17) is 0 Å². The van der Waals surface area contributed by atoms with E-state index >= 15 is 0 Å². The maximum absolute atomic E-state index is 9.90. The summed E-state index contributed by atoms with van der Waals surface area (Å²) in [6, 6.07) is 7.91. The summed E-state index contributed by atoms with van der Waals surface area (Å²) in [5, 5.41) is 9.90. The second-order valence-electron chi connectivity index (χ2n) is 4.77. The molecule has 1 unspecified atom stereocenters. The SMILES string of the molecule is CCC(c1ccccc1O)N(C)CCN(C)C. The molecule has 3 heteroatoms. The summed E-state index contributed by atoms with van der Waals surface area (Å²) >= 11 is 0. The highest BCUT2D eigenvalue weighted by atomic mass is 16.3. The van der Waals surface area contributed by atoms with Gasteiger partial charge in [-0.15, -0.1) is 0 Å². The molecule has 1 rings (SSSR count). The van der Waals surface area contributed by atoms with Crippen molar-refractivity contribution in [3.05, 3.63) is 29.8 Å². The fraction of sp³-hybridized carbons (Fsp3) is 0.571. The lowest BCUT2D eigenvalue weighted by molar-refractivity contribution is 0.210. The van der Waals surface area contributed by atoms with Crippen molar-refractivity contribution in [1.82, 2.24) is 9.80 Å². The molecular weight excluding hydrogens is 212 g/mol. The number of nitrogens with zero attached hydrogens (tertiary/aromatic N) is 2. The van der Waals surface area contributed by atoms with Crippen LogP contribution in [0.15, 0.2) is 24.3 Å². The first-order chi connectivity index (χ1) is 8.06. The van der Waals surface area contributed by atoms with Gasteiger partial charge in [-0.3, -0.25) is 4.90 Å². The highest BCUT2D eigenvalue weighted by Crippen LogP contribution is 2.29. The molecule has 3 nitrogen and oxygen atoms in total. The largest absolute Gasteiger partial charge is 0.508 e. The van der Waals surface area contributed by atoms with E-state index in [0.717, 1.165) is 25.1 Å². The van der Waals surface area contributed by atoms with Gasteiger partial charge in [-0.1, -0.05) is 25.1 Å². The summed E-state index contributed by atoms with van der Waals surface area (Å²) in [7, 11) is 6.27. The van der Waals surface area contributed by atoms with Crippen LogP contribution in [-0.2, 0) is 0 Å². The molecule has 0 aliphatic heterocycles. The Hall–Kier alpha value is -1.06. The molecule has 0 aliphatic carbocycles. The van der Waals surface area contributed by atoms with Gasteiger partial charge in [0.2, 0.25) is 0 Å². The van der Waals surface area contributed by atoms with Crippen LogP contribution in [0.1, 0.15) is 24.9 Å². The van der Waals surface area contributed by atoms with Crippen LogP contribution in [0.5, 0.6) is 5.75 Å². The minimum absolute atomic E-state index is 0.288. The number of hydrogen-bond donors (Lipinski definition) is 1. The Kier molecular flexibility index (Phi) is 5.45. The van der Waals surface area contributed by atoms with Crippen molar-refractivity contribution >= 4 is 0 Å². The predicted octanol–water partition coefficient (Wildman–Crippen LogP) is 2.34. The molecule has 1 N–H and O–H groups in total. The molecule has 0 aliphatic rings. The van der Waals surface area contributed by atoms with Crippen LogP contribution in [0.25, 0.3) is 0 Å². The second-order valence-corrected chi connectivity index (χ2v) is 4.77. The van der Waals surface area contributed by atoms with Gasteiger partial charge in [-0.05, 0) is 33.6 Å². The van der Waals surface area contributed by atoms with Crippen molar-refractivity contribution in [2.24, 2.45) is 0 Å². The Morgan fingerprint density at radius 3 is 2.29 bits per heavy atom. The van der Waals surface area contributed by atoms with Gasteiger partial charge in [0.25, 0.3) is 0 Å². The Balaban J connectivity index is 2.74. The van der Waals surface area contributed by atoms with Crippen molar-refractivity contribution in [1.29, 1.82) is 0 Å². The van der Waals surface area contributed by atoms with Crippen LogP contribution in [0, 0.1) is 0 Å². The van der Waals surface area contributed by atoms with Gasteiger partial charge in [0.1, 0.15) is 5.75 Å². The van der Waals surface area contributed by atoms with Gasteiger partial charge in [0, 0.05) is 24.7 Å². The third-order valence-corrected chi connectivity index (χ3v) is 3.11. The predicted molar refractivity (Wildman–Crippen MR) is 72.3 cm³/mol. The van der Waals surface area contributed by atoms with Crippen LogP contribution in [0.3, 0.4) is 0 Å². The number of phenolic OH excluding ortho intramolecular Hbond substituents is 1. The van der Waals surface area contributed by atoms with Gasteiger partial charge in [0.15, 0.2) is 0 Å². The van der Waals surface area contributed by atoms with Crippen molar-refractivity contribution in [2.45, 2.75) is 19.4 Å². The third kappa shape index (κ3) is 4.02. The Morgan fingerprint density at radius 2 is 1.76 bits per heavy atom. The van der Waals surface area contributed by atoms with E-state index in [1.807, 2.05) is 18.2 Å². The van der Waals surface area contributed by atoms with Crippen molar-refractivity contribution < 1.29 is 5.11 Å². The van der Waals surface area contributed by atoms with E-state index in [0.29, 0.717) is 5.75 Å². The topological polar surface area (TPSA) is 26.7 Å². The van der Waals surface area contributed by atoms with Gasteiger partial charge in [0.05, 0.1) is 0 Å². The van der Waals surface area contributed by atoms with Gasteiger partial charge >= 0.3 is 0 Å². The van der Waals surface area contributed by atoms with Crippen molar-refractivity contribution in [2.75, 3.05) is 34.2 Å². The van der Waals surface area contributed by atoms with Crippen LogP contribution in [-0.4, -0.2) is 49.1 Å². The van der Waals surface area contributed by atoms with Gasteiger partial charge in [-0.2, -0.15) is 0 Å². The number of hydrogen-bond acceptors (Lipinski definition) is 3. The lowest BCUT2D eigenvalue weighted by Crippen LogP contribution is -2.31. The summed E-state index contributed by atoms with van der Waals surface area (Å²) in [5.41, 5.74) is 1.02. The molecule has 0 saturated heterocycles. The van der Waals surface area contributed by atoms with Crippen LogP contribution >= 0.6 is 0 Å². The quantitative estimate of drug-likeness (QED) is 0.821. The standard InChI is InChI=1S/C14H24N2O/c1-5-13(16(4)11-10-15(2)3)12-8-6-7-9-14(12)17/h6-9,13,17H,5,10-11H2,1-4H3. The van der Waals surface area contributed by atoms with Crippen LogP contribution in [0.2, 0.25) is 0 Å². The first-order valence-corrected chi connectivity index (χ1v) is 6.19. The normalized spacial score (nSPS) is 13.3. The van der Waals surface area contributed by atoms with Crippen LogP contribution in [0.4, 0.5) is 0 Å². The summed E-state index contributed by atoms with van der Waals surface area (Å²) in [5.74, 6) is 0.399. The maximum Gasteiger partial charge on any atom is 0.120 e. The van der Waals surface area contributed by atoms with Gasteiger partial charge < -0.3 is 10.0 Å². The molecule has 1 atom stereocenters. The lowest BCUT2D eigenvalue weighted by atomic mass is 10.0. The zero-order valence-electron chi connectivity index (χ0n) is 11.3. The Morgan fingerprint density at radius 1 is 1.12 bits per heavy atom. The first kappa shape index (κ1) is 14.0. The monoisotopic (exact) mass is 236 g/mol. The Bertz CT molecular complexity index is 339. The van der Waals surface area contributed by atoms with Crippen molar-refractivity contribution in [3.63, 3.8) is 0 Å². The van der Waals surface area contributed by atoms with E-state index in [2.05, 4.69) is 37.9 Å². The molecule has 0 heterocycles. The summed E-state index contributed by atoms with van der Waals surface area (Å²) < 4.78 is 0. The summed E-state index contributed by atoms with van der Waals surface area (Å²) in [6.07, 6.45) is 1.00. The molecule has 0 saturated carbocycles. The minimum Gasteiger partial charge on any atom is -0.508 e. The maximum atomic E-state index is 9.90. The highest BCUT2D eigenvalue weighted by Gasteiger charge is 2.17. The average Bonchev–Trinajstić information content (AvgIpc) is 2.30. The highest BCUT2D eigenvalue weighted by molar-refractivity contribution is 5.34. The fourth-order valence-electron chi connectivity index (χ4n) is 2.05. The second kappa shape index (κ2) is 6.62. The molecule has 1 aromatic carbocycles. The molecule has 96 valence electrons. The van der Waals surface area contributed by atoms with Gasteiger partial charge in [-0.25, -0.2) is 0 Å².